The lowest BCUT2D eigenvalue weighted by Crippen LogP contribution is -2.28. The van der Waals surface area contributed by atoms with Crippen LogP contribution in [0.25, 0.3) is 11.3 Å². The summed E-state index contributed by atoms with van der Waals surface area (Å²) in [4.78, 5) is 9.25. The van der Waals surface area contributed by atoms with Gasteiger partial charge in [0.1, 0.15) is 0 Å². The average molecular weight is 426 g/mol. The summed E-state index contributed by atoms with van der Waals surface area (Å²) in [7, 11) is 2.00. The van der Waals surface area contributed by atoms with E-state index in [0.29, 0.717) is 23.1 Å². The highest BCUT2D eigenvalue weighted by atomic mass is 35.5. The summed E-state index contributed by atoms with van der Waals surface area (Å²) in [6, 6.07) is 2.93. The number of nitrogens with one attached hydrogen (secondary N) is 1. The summed E-state index contributed by atoms with van der Waals surface area (Å²) in [5.74, 6) is 1.42. The van der Waals surface area contributed by atoms with Crippen molar-refractivity contribution in [3.8, 4) is 11.3 Å². The molecule has 0 aliphatic heterocycles. The van der Waals surface area contributed by atoms with Crippen molar-refractivity contribution in [1.29, 1.82) is 0 Å². The molecule has 0 amide bonds. The molecule has 0 radical (unpaired) electrons. The van der Waals surface area contributed by atoms with Gasteiger partial charge in [-0.1, -0.05) is 11.6 Å². The van der Waals surface area contributed by atoms with Gasteiger partial charge in [0, 0.05) is 36.2 Å². The Bertz CT molecular complexity index is 1030. The second kappa shape index (κ2) is 8.02. The van der Waals surface area contributed by atoms with Crippen LogP contribution in [0.4, 0.5) is 5.95 Å². The van der Waals surface area contributed by atoms with Crippen molar-refractivity contribution in [2.75, 3.05) is 5.32 Å². The second-order valence-electron chi connectivity index (χ2n) is 8.73. The van der Waals surface area contributed by atoms with E-state index in [1.54, 1.807) is 6.20 Å². The first-order chi connectivity index (χ1) is 14.6. The van der Waals surface area contributed by atoms with E-state index in [1.165, 1.54) is 24.2 Å². The number of nitrogens with zero attached hydrogens (tertiary/aromatic N) is 6. The molecular formula is C22H28ClN7. The van der Waals surface area contributed by atoms with Crippen LogP contribution in [-0.2, 0) is 13.5 Å². The predicted molar refractivity (Wildman–Crippen MR) is 118 cm³/mol. The first-order valence-electron chi connectivity index (χ1n) is 10.9. The van der Waals surface area contributed by atoms with Crippen molar-refractivity contribution in [3.05, 3.63) is 41.1 Å². The Labute approximate surface area is 181 Å². The molecule has 0 saturated heterocycles. The van der Waals surface area contributed by atoms with E-state index < -0.39 is 0 Å². The monoisotopic (exact) mass is 425 g/mol. The Morgan fingerprint density at radius 3 is 2.60 bits per heavy atom. The molecule has 0 unspecified atom stereocenters. The van der Waals surface area contributed by atoms with Gasteiger partial charge in [0.05, 0.1) is 29.2 Å². The SMILES string of the molecule is Cc1ccnn1[C@H]1CC[C@H](Nc2ncc(Cl)c(-c3cnn(C)c3CC3CC3)n2)CC1. The van der Waals surface area contributed by atoms with Crippen molar-refractivity contribution < 1.29 is 0 Å². The molecule has 3 aromatic rings. The Hall–Kier alpha value is -2.41. The summed E-state index contributed by atoms with van der Waals surface area (Å²) in [5.41, 5.74) is 4.24. The number of halogens is 1. The maximum absolute atomic E-state index is 6.50. The molecule has 7 nitrogen and oxygen atoms in total. The molecule has 30 heavy (non-hydrogen) atoms. The van der Waals surface area contributed by atoms with Gasteiger partial charge in [-0.25, -0.2) is 9.97 Å². The zero-order valence-electron chi connectivity index (χ0n) is 17.6. The molecule has 2 fully saturated rings. The lowest BCUT2D eigenvalue weighted by Gasteiger charge is -2.30. The molecule has 158 valence electrons. The first kappa shape index (κ1) is 19.5. The minimum absolute atomic E-state index is 0.367. The van der Waals surface area contributed by atoms with Gasteiger partial charge in [-0.3, -0.25) is 9.36 Å². The number of anilines is 1. The van der Waals surface area contributed by atoms with E-state index in [4.69, 9.17) is 16.6 Å². The normalized spacial score (nSPS) is 21.7. The molecule has 0 spiro atoms. The van der Waals surface area contributed by atoms with Crippen LogP contribution in [0, 0.1) is 12.8 Å². The fourth-order valence-corrected chi connectivity index (χ4v) is 4.73. The molecule has 8 heteroatoms. The molecule has 2 saturated carbocycles. The third kappa shape index (κ3) is 3.95. The van der Waals surface area contributed by atoms with Crippen LogP contribution in [0.2, 0.25) is 5.02 Å². The van der Waals surface area contributed by atoms with Crippen LogP contribution < -0.4 is 5.32 Å². The molecule has 1 N–H and O–H groups in total. The van der Waals surface area contributed by atoms with Gasteiger partial charge >= 0.3 is 0 Å². The van der Waals surface area contributed by atoms with E-state index in [0.717, 1.165) is 49.3 Å². The highest BCUT2D eigenvalue weighted by Gasteiger charge is 2.27. The van der Waals surface area contributed by atoms with Crippen LogP contribution in [0.1, 0.15) is 56.0 Å². The molecule has 5 rings (SSSR count). The number of hydrogen-bond acceptors (Lipinski definition) is 5. The van der Waals surface area contributed by atoms with E-state index in [2.05, 4.69) is 38.2 Å². The maximum atomic E-state index is 6.50. The molecule has 0 bridgehead atoms. The molecule has 3 aromatic heterocycles. The molecule has 0 atom stereocenters. The van der Waals surface area contributed by atoms with Gasteiger partial charge in [-0.2, -0.15) is 10.2 Å². The van der Waals surface area contributed by atoms with Gasteiger partial charge in [-0.05, 0) is 63.9 Å². The molecule has 3 heterocycles. The van der Waals surface area contributed by atoms with Crippen LogP contribution in [0.3, 0.4) is 0 Å². The van der Waals surface area contributed by atoms with E-state index in [-0.39, 0.29) is 0 Å². The smallest absolute Gasteiger partial charge is 0.223 e. The lowest BCUT2D eigenvalue weighted by atomic mass is 9.91. The number of aryl methyl sites for hydroxylation is 2. The van der Waals surface area contributed by atoms with Crippen LogP contribution in [-0.4, -0.2) is 35.6 Å². The maximum Gasteiger partial charge on any atom is 0.223 e. The Kier molecular flexibility index (Phi) is 5.23. The van der Waals surface area contributed by atoms with Crippen LogP contribution in [0.5, 0.6) is 0 Å². The largest absolute Gasteiger partial charge is 0.351 e. The Morgan fingerprint density at radius 1 is 1.10 bits per heavy atom. The predicted octanol–water partition coefficient (Wildman–Crippen LogP) is 4.58. The van der Waals surface area contributed by atoms with Gasteiger partial charge in [0.15, 0.2) is 0 Å². The highest BCUT2D eigenvalue weighted by Crippen LogP contribution is 2.37. The summed E-state index contributed by atoms with van der Waals surface area (Å²) >= 11 is 6.50. The van der Waals surface area contributed by atoms with Crippen LogP contribution >= 0.6 is 11.6 Å². The molecule has 2 aliphatic carbocycles. The van der Waals surface area contributed by atoms with Crippen LogP contribution in [0.15, 0.2) is 24.7 Å². The summed E-state index contributed by atoms with van der Waals surface area (Å²) in [6.45, 7) is 2.12. The average Bonchev–Trinajstić information content (AvgIpc) is 3.36. The third-order valence-electron chi connectivity index (χ3n) is 6.48. The topological polar surface area (TPSA) is 73.5 Å². The van der Waals surface area contributed by atoms with E-state index in [9.17, 15) is 0 Å². The Morgan fingerprint density at radius 2 is 1.90 bits per heavy atom. The highest BCUT2D eigenvalue weighted by molar-refractivity contribution is 6.32. The standard InChI is InChI=1S/C22H28ClN7/c1-14-9-10-25-30(14)17-7-5-16(6-8-17)27-22-24-13-19(23)21(28-22)18-12-26-29(2)20(18)11-15-3-4-15/h9-10,12-13,15-17H,3-8,11H2,1-2H3,(H,24,27,28)/t16-,17-. The summed E-state index contributed by atoms with van der Waals surface area (Å²) in [6.07, 6.45) is 13.5. The van der Waals surface area contributed by atoms with E-state index >= 15 is 0 Å². The number of rotatable bonds is 6. The van der Waals surface area contributed by atoms with Crippen molar-refractivity contribution in [3.63, 3.8) is 0 Å². The first-order valence-corrected chi connectivity index (χ1v) is 11.3. The molecular weight excluding hydrogens is 398 g/mol. The third-order valence-corrected chi connectivity index (χ3v) is 6.76. The van der Waals surface area contributed by atoms with Crippen molar-refractivity contribution in [2.45, 2.75) is 64.0 Å². The van der Waals surface area contributed by atoms with Gasteiger partial charge in [-0.15, -0.1) is 0 Å². The minimum Gasteiger partial charge on any atom is -0.351 e. The van der Waals surface area contributed by atoms with Gasteiger partial charge < -0.3 is 5.32 Å². The fraction of sp³-hybridized carbons (Fsp3) is 0.545. The zero-order valence-corrected chi connectivity index (χ0v) is 18.3. The minimum atomic E-state index is 0.367. The summed E-state index contributed by atoms with van der Waals surface area (Å²) in [5, 5.41) is 13.1. The van der Waals surface area contributed by atoms with Crippen molar-refractivity contribution in [2.24, 2.45) is 13.0 Å². The Balaban J connectivity index is 1.30. The van der Waals surface area contributed by atoms with Gasteiger partial charge in [0.25, 0.3) is 0 Å². The molecule has 0 aromatic carbocycles. The lowest BCUT2D eigenvalue weighted by molar-refractivity contribution is 0.309. The van der Waals surface area contributed by atoms with E-state index in [1.807, 2.05) is 24.1 Å². The van der Waals surface area contributed by atoms with Crippen molar-refractivity contribution >= 4 is 17.5 Å². The van der Waals surface area contributed by atoms with Gasteiger partial charge in [0.2, 0.25) is 5.95 Å². The van der Waals surface area contributed by atoms with Crippen molar-refractivity contribution in [1.82, 2.24) is 29.5 Å². The fourth-order valence-electron chi connectivity index (χ4n) is 4.53. The second-order valence-corrected chi connectivity index (χ2v) is 9.14. The summed E-state index contributed by atoms with van der Waals surface area (Å²) < 4.78 is 4.12. The molecule has 2 aliphatic rings. The number of hydrogen-bond donors (Lipinski definition) is 1. The number of aromatic nitrogens is 6. The quantitative estimate of drug-likeness (QED) is 0.625. The zero-order chi connectivity index (χ0) is 20.7.